The zero-order valence-corrected chi connectivity index (χ0v) is 10.1. The van der Waals surface area contributed by atoms with Gasteiger partial charge in [-0.1, -0.05) is 6.92 Å². The number of aryl methyl sites for hydroxylation is 1. The number of rotatable bonds is 3. The van der Waals surface area contributed by atoms with Crippen LogP contribution >= 0.6 is 11.3 Å². The molecule has 0 spiro atoms. The quantitative estimate of drug-likeness (QED) is 0.832. The third-order valence-corrected chi connectivity index (χ3v) is 5.48. The van der Waals surface area contributed by atoms with Crippen LogP contribution in [0.2, 0.25) is 0 Å². The Morgan fingerprint density at radius 3 is 2.67 bits per heavy atom. The van der Waals surface area contributed by atoms with Crippen LogP contribution in [-0.2, 0) is 6.42 Å². The first-order valence-corrected chi connectivity index (χ1v) is 6.93. The molecule has 2 N–H and O–H groups in total. The fraction of sp³-hybridized carbons (Fsp3) is 0.692. The topological polar surface area (TPSA) is 26.0 Å². The van der Waals surface area contributed by atoms with E-state index < -0.39 is 0 Å². The fourth-order valence-corrected chi connectivity index (χ4v) is 4.10. The number of nitrogens with two attached hydrogens (primary N) is 1. The highest BCUT2D eigenvalue weighted by atomic mass is 32.1. The Balaban J connectivity index is 1.70. The van der Waals surface area contributed by atoms with E-state index in [9.17, 15) is 0 Å². The van der Waals surface area contributed by atoms with Gasteiger partial charge in [0.25, 0.3) is 0 Å². The van der Waals surface area contributed by atoms with Crippen LogP contribution in [0.5, 0.6) is 0 Å². The molecule has 2 heteroatoms. The molecule has 0 radical (unpaired) electrons. The average Bonchev–Trinajstić information content (AvgIpc) is 2.73. The van der Waals surface area contributed by atoms with Gasteiger partial charge in [-0.05, 0) is 55.6 Å². The summed E-state index contributed by atoms with van der Waals surface area (Å²) in [4.78, 5) is 2.89. The molecular weight excluding hydrogens is 202 g/mol. The van der Waals surface area contributed by atoms with Gasteiger partial charge >= 0.3 is 0 Å². The molecule has 1 nitrogen and oxygen atoms in total. The molecule has 0 aromatic carbocycles. The normalized spacial score (nSPS) is 35.2. The molecule has 1 aromatic rings. The molecule has 2 aliphatic carbocycles. The summed E-state index contributed by atoms with van der Waals surface area (Å²) in [6.45, 7) is 2.21. The predicted molar refractivity (Wildman–Crippen MR) is 64.9 cm³/mol. The van der Waals surface area contributed by atoms with Gasteiger partial charge in [-0.15, -0.1) is 11.3 Å². The maximum absolute atomic E-state index is 6.36. The lowest BCUT2D eigenvalue weighted by molar-refractivity contribution is 0.408. The minimum atomic E-state index is 0.322. The maximum Gasteiger partial charge on any atom is 0.0418 e. The van der Waals surface area contributed by atoms with Crippen LogP contribution in [0.4, 0.5) is 0 Å². The van der Waals surface area contributed by atoms with E-state index in [-0.39, 0.29) is 0 Å². The first-order valence-electron chi connectivity index (χ1n) is 6.12. The average molecular weight is 221 g/mol. The highest BCUT2D eigenvalue weighted by Crippen LogP contribution is 2.56. The zero-order valence-electron chi connectivity index (χ0n) is 9.28. The van der Waals surface area contributed by atoms with Crippen molar-refractivity contribution in [3.63, 3.8) is 0 Å². The Bertz CT molecular complexity index is 347. The molecule has 15 heavy (non-hydrogen) atoms. The van der Waals surface area contributed by atoms with E-state index in [4.69, 9.17) is 5.73 Å². The first kappa shape index (κ1) is 9.86. The SMILES string of the molecule is CCc1ccc(C(N)C2CC3CC3C2)s1. The van der Waals surface area contributed by atoms with Crippen molar-refractivity contribution in [3.8, 4) is 0 Å². The second kappa shape index (κ2) is 3.60. The van der Waals surface area contributed by atoms with E-state index in [1.165, 1.54) is 29.0 Å². The second-order valence-corrected chi connectivity index (χ2v) is 6.37. The smallest absolute Gasteiger partial charge is 0.0418 e. The number of hydrogen-bond donors (Lipinski definition) is 1. The molecule has 2 aliphatic rings. The van der Waals surface area contributed by atoms with Crippen LogP contribution in [0.1, 0.15) is 42.0 Å². The van der Waals surface area contributed by atoms with Gasteiger partial charge in [0.2, 0.25) is 0 Å². The Kier molecular flexibility index (Phi) is 2.37. The monoisotopic (exact) mass is 221 g/mol. The van der Waals surface area contributed by atoms with Crippen LogP contribution in [0.3, 0.4) is 0 Å². The summed E-state index contributed by atoms with van der Waals surface area (Å²) in [6.07, 6.45) is 5.43. The Morgan fingerprint density at radius 2 is 2.07 bits per heavy atom. The molecule has 3 rings (SSSR count). The Labute approximate surface area is 95.7 Å². The van der Waals surface area contributed by atoms with Crippen LogP contribution in [0, 0.1) is 17.8 Å². The lowest BCUT2D eigenvalue weighted by atomic mass is 9.94. The highest BCUT2D eigenvalue weighted by Gasteiger charge is 2.47. The van der Waals surface area contributed by atoms with Gasteiger partial charge in [0.05, 0.1) is 0 Å². The summed E-state index contributed by atoms with van der Waals surface area (Å²) in [6, 6.07) is 4.82. The third kappa shape index (κ3) is 1.74. The lowest BCUT2D eigenvalue weighted by Crippen LogP contribution is -2.19. The summed E-state index contributed by atoms with van der Waals surface area (Å²) < 4.78 is 0. The molecular formula is C13H19NS. The van der Waals surface area contributed by atoms with Gasteiger partial charge in [-0.2, -0.15) is 0 Å². The Hall–Kier alpha value is -0.340. The number of hydrogen-bond acceptors (Lipinski definition) is 2. The minimum absolute atomic E-state index is 0.322. The molecule has 1 heterocycles. The molecule has 3 atom stereocenters. The lowest BCUT2D eigenvalue weighted by Gasteiger charge is -2.19. The minimum Gasteiger partial charge on any atom is -0.323 e. The van der Waals surface area contributed by atoms with Crippen molar-refractivity contribution >= 4 is 11.3 Å². The van der Waals surface area contributed by atoms with Crippen molar-refractivity contribution in [2.24, 2.45) is 23.5 Å². The van der Waals surface area contributed by atoms with Crippen LogP contribution < -0.4 is 5.73 Å². The molecule has 0 saturated heterocycles. The molecule has 0 aliphatic heterocycles. The zero-order chi connectivity index (χ0) is 10.4. The van der Waals surface area contributed by atoms with Crippen molar-refractivity contribution in [3.05, 3.63) is 21.9 Å². The van der Waals surface area contributed by atoms with E-state index in [0.29, 0.717) is 6.04 Å². The molecule has 82 valence electrons. The van der Waals surface area contributed by atoms with Crippen molar-refractivity contribution < 1.29 is 0 Å². The van der Waals surface area contributed by atoms with E-state index in [2.05, 4.69) is 19.1 Å². The molecule has 0 amide bonds. The van der Waals surface area contributed by atoms with Gasteiger partial charge in [0.15, 0.2) is 0 Å². The van der Waals surface area contributed by atoms with E-state index >= 15 is 0 Å². The summed E-state index contributed by atoms with van der Waals surface area (Å²) >= 11 is 1.92. The fourth-order valence-electron chi connectivity index (χ4n) is 3.05. The predicted octanol–water partition coefficient (Wildman–Crippen LogP) is 3.36. The largest absolute Gasteiger partial charge is 0.323 e. The molecule has 2 saturated carbocycles. The van der Waals surface area contributed by atoms with Gasteiger partial charge in [-0.3, -0.25) is 0 Å². The van der Waals surface area contributed by atoms with Gasteiger partial charge in [-0.25, -0.2) is 0 Å². The van der Waals surface area contributed by atoms with Crippen LogP contribution in [-0.4, -0.2) is 0 Å². The number of fused-ring (bicyclic) bond motifs is 1. The molecule has 2 fully saturated rings. The molecule has 3 unspecified atom stereocenters. The number of thiophene rings is 1. The molecule has 1 aromatic heterocycles. The van der Waals surface area contributed by atoms with Crippen molar-refractivity contribution in [1.29, 1.82) is 0 Å². The van der Waals surface area contributed by atoms with E-state index in [0.717, 1.165) is 24.2 Å². The summed E-state index contributed by atoms with van der Waals surface area (Å²) in [5.74, 6) is 2.87. The van der Waals surface area contributed by atoms with Crippen LogP contribution in [0.25, 0.3) is 0 Å². The van der Waals surface area contributed by atoms with Crippen molar-refractivity contribution in [2.75, 3.05) is 0 Å². The van der Waals surface area contributed by atoms with E-state index in [1.807, 2.05) is 11.3 Å². The van der Waals surface area contributed by atoms with Gasteiger partial charge in [0, 0.05) is 15.8 Å². The second-order valence-electron chi connectivity index (χ2n) is 5.17. The van der Waals surface area contributed by atoms with Gasteiger partial charge in [0.1, 0.15) is 0 Å². The Morgan fingerprint density at radius 1 is 1.33 bits per heavy atom. The molecule has 0 bridgehead atoms. The van der Waals surface area contributed by atoms with Crippen molar-refractivity contribution in [2.45, 2.75) is 38.6 Å². The van der Waals surface area contributed by atoms with Gasteiger partial charge < -0.3 is 5.73 Å². The maximum atomic E-state index is 6.36. The summed E-state index contributed by atoms with van der Waals surface area (Å²) in [5, 5.41) is 0. The first-order chi connectivity index (χ1) is 7.28. The summed E-state index contributed by atoms with van der Waals surface area (Å²) in [7, 11) is 0. The highest BCUT2D eigenvalue weighted by molar-refractivity contribution is 7.12. The van der Waals surface area contributed by atoms with Crippen molar-refractivity contribution in [1.82, 2.24) is 0 Å². The third-order valence-electron chi connectivity index (χ3n) is 4.15. The standard InChI is InChI=1S/C13H19NS/c1-2-11-3-4-12(15-11)13(14)10-6-8-5-9(8)7-10/h3-4,8-10,13H,2,5-7,14H2,1H3. The van der Waals surface area contributed by atoms with E-state index in [1.54, 1.807) is 0 Å². The van der Waals surface area contributed by atoms with Crippen LogP contribution in [0.15, 0.2) is 12.1 Å². The summed E-state index contributed by atoms with van der Waals surface area (Å²) in [5.41, 5.74) is 6.36.